The molecule has 6 nitrogen and oxygen atoms in total. The molecule has 0 aliphatic rings. The first kappa shape index (κ1) is 14.9. The summed E-state index contributed by atoms with van der Waals surface area (Å²) in [5.74, 6) is 0.768. The Balaban J connectivity index is 1.71. The summed E-state index contributed by atoms with van der Waals surface area (Å²) < 4.78 is 12.1. The average molecular weight is 289 g/mol. The van der Waals surface area contributed by atoms with E-state index in [2.05, 4.69) is 10.4 Å². The predicted octanol–water partition coefficient (Wildman–Crippen LogP) is 2.06. The predicted molar refractivity (Wildman–Crippen MR) is 78.3 cm³/mol. The Labute approximate surface area is 123 Å². The summed E-state index contributed by atoms with van der Waals surface area (Å²) in [6.07, 6.45) is 3.26. The molecule has 1 amide bonds. The zero-order chi connectivity index (χ0) is 14.9. The van der Waals surface area contributed by atoms with Crippen LogP contribution in [0.4, 0.5) is 4.79 Å². The molecule has 0 spiro atoms. The van der Waals surface area contributed by atoms with Gasteiger partial charge in [0.1, 0.15) is 12.4 Å². The number of benzene rings is 1. The molecule has 0 radical (unpaired) electrons. The third-order valence-corrected chi connectivity index (χ3v) is 2.74. The molecule has 0 saturated heterocycles. The van der Waals surface area contributed by atoms with E-state index in [1.807, 2.05) is 41.2 Å². The Morgan fingerprint density at radius 1 is 1.33 bits per heavy atom. The molecule has 21 heavy (non-hydrogen) atoms. The first-order valence-corrected chi connectivity index (χ1v) is 6.87. The lowest BCUT2D eigenvalue weighted by Gasteiger charge is -2.08. The van der Waals surface area contributed by atoms with E-state index in [9.17, 15) is 4.79 Å². The number of nitrogens with one attached hydrogen (secondary N) is 1. The number of hydrogen-bond donors (Lipinski definition) is 1. The van der Waals surface area contributed by atoms with Crippen LogP contribution in [0.5, 0.6) is 5.75 Å². The number of carbonyl (C=O) groups is 1. The van der Waals surface area contributed by atoms with Crippen LogP contribution in [0, 0.1) is 0 Å². The van der Waals surface area contributed by atoms with Gasteiger partial charge in [-0.3, -0.25) is 4.68 Å². The fourth-order valence-electron chi connectivity index (χ4n) is 1.78. The van der Waals surface area contributed by atoms with Crippen LogP contribution in [-0.4, -0.2) is 35.6 Å². The van der Waals surface area contributed by atoms with Crippen molar-refractivity contribution < 1.29 is 14.3 Å². The van der Waals surface area contributed by atoms with E-state index in [0.29, 0.717) is 19.8 Å². The normalized spacial score (nSPS) is 10.1. The molecule has 2 rings (SSSR count). The van der Waals surface area contributed by atoms with Gasteiger partial charge in [-0.25, -0.2) is 4.79 Å². The highest BCUT2D eigenvalue weighted by Gasteiger charge is 2.00. The van der Waals surface area contributed by atoms with Crippen LogP contribution in [0.1, 0.15) is 12.5 Å². The van der Waals surface area contributed by atoms with E-state index in [-0.39, 0.29) is 0 Å². The minimum Gasteiger partial charge on any atom is -0.492 e. The number of ether oxygens (including phenoxy) is 2. The summed E-state index contributed by atoms with van der Waals surface area (Å²) >= 11 is 0. The molecule has 1 N–H and O–H groups in total. The fraction of sp³-hybridized carbons (Fsp3) is 0.333. The second-order valence-electron chi connectivity index (χ2n) is 4.34. The highest BCUT2D eigenvalue weighted by Crippen LogP contribution is 2.12. The van der Waals surface area contributed by atoms with Crippen molar-refractivity contribution in [3.8, 4) is 5.75 Å². The Morgan fingerprint density at radius 3 is 2.81 bits per heavy atom. The van der Waals surface area contributed by atoms with Gasteiger partial charge >= 0.3 is 6.09 Å². The number of rotatable bonds is 7. The molecule has 0 fully saturated rings. The van der Waals surface area contributed by atoms with Crippen molar-refractivity contribution in [2.45, 2.75) is 13.5 Å². The number of nitrogens with zero attached hydrogens (tertiary/aromatic N) is 2. The molecule has 0 saturated carbocycles. The molecule has 112 valence electrons. The summed E-state index contributed by atoms with van der Waals surface area (Å²) in [4.78, 5) is 11.1. The highest BCUT2D eigenvalue weighted by atomic mass is 16.5. The summed E-state index contributed by atoms with van der Waals surface area (Å²) in [6.45, 7) is 3.67. The maximum Gasteiger partial charge on any atom is 0.407 e. The zero-order valence-electron chi connectivity index (χ0n) is 12.0. The minimum atomic E-state index is -0.421. The van der Waals surface area contributed by atoms with Crippen molar-refractivity contribution in [2.24, 2.45) is 0 Å². The standard InChI is InChI=1S/C15H19N3O3/c1-2-20-15(19)16-9-11-21-14-6-4-13(5-7-14)12-18-10-3-8-17-18/h3-8,10H,2,9,11-12H2,1H3,(H,16,19). The molecule has 0 aliphatic heterocycles. The summed E-state index contributed by atoms with van der Waals surface area (Å²) in [5.41, 5.74) is 1.15. The molecule has 0 bridgehead atoms. The van der Waals surface area contributed by atoms with Gasteiger partial charge in [-0.05, 0) is 30.7 Å². The lowest BCUT2D eigenvalue weighted by molar-refractivity contribution is 0.150. The van der Waals surface area contributed by atoms with E-state index < -0.39 is 6.09 Å². The zero-order valence-corrected chi connectivity index (χ0v) is 12.0. The van der Waals surface area contributed by atoms with Gasteiger partial charge in [0.15, 0.2) is 0 Å². The van der Waals surface area contributed by atoms with E-state index in [1.54, 1.807) is 13.1 Å². The van der Waals surface area contributed by atoms with Crippen molar-refractivity contribution in [1.29, 1.82) is 0 Å². The first-order chi connectivity index (χ1) is 10.3. The lowest BCUT2D eigenvalue weighted by atomic mass is 10.2. The van der Waals surface area contributed by atoms with Crippen molar-refractivity contribution in [1.82, 2.24) is 15.1 Å². The minimum absolute atomic E-state index is 0.365. The summed E-state index contributed by atoms with van der Waals surface area (Å²) in [6, 6.07) is 9.70. The lowest BCUT2D eigenvalue weighted by Crippen LogP contribution is -2.28. The van der Waals surface area contributed by atoms with Crippen LogP contribution >= 0.6 is 0 Å². The number of amides is 1. The van der Waals surface area contributed by atoms with E-state index >= 15 is 0 Å². The third kappa shape index (κ3) is 5.18. The summed E-state index contributed by atoms with van der Waals surface area (Å²) in [5, 5.41) is 6.76. The number of carbonyl (C=O) groups excluding carboxylic acids is 1. The maximum absolute atomic E-state index is 11.1. The second kappa shape index (κ2) is 7.94. The number of alkyl carbamates (subject to hydrolysis) is 1. The van der Waals surface area contributed by atoms with Crippen LogP contribution in [0.15, 0.2) is 42.7 Å². The van der Waals surface area contributed by atoms with Crippen LogP contribution < -0.4 is 10.1 Å². The molecule has 6 heteroatoms. The monoisotopic (exact) mass is 289 g/mol. The van der Waals surface area contributed by atoms with Gasteiger partial charge in [0.2, 0.25) is 0 Å². The molecular formula is C15H19N3O3. The van der Waals surface area contributed by atoms with Gasteiger partial charge in [-0.15, -0.1) is 0 Å². The van der Waals surface area contributed by atoms with Crippen molar-refractivity contribution in [3.63, 3.8) is 0 Å². The molecule has 1 aromatic heterocycles. The molecular weight excluding hydrogens is 270 g/mol. The Hall–Kier alpha value is -2.50. The van der Waals surface area contributed by atoms with Crippen LogP contribution in [0.3, 0.4) is 0 Å². The van der Waals surface area contributed by atoms with Gasteiger partial charge in [0.25, 0.3) is 0 Å². The first-order valence-electron chi connectivity index (χ1n) is 6.87. The molecule has 0 atom stereocenters. The molecule has 1 aromatic carbocycles. The molecule has 0 unspecified atom stereocenters. The van der Waals surface area contributed by atoms with Gasteiger partial charge in [-0.2, -0.15) is 5.10 Å². The quantitative estimate of drug-likeness (QED) is 0.792. The average Bonchev–Trinajstić information content (AvgIpc) is 2.98. The number of hydrogen-bond acceptors (Lipinski definition) is 4. The molecule has 0 aliphatic carbocycles. The molecule has 1 heterocycles. The van der Waals surface area contributed by atoms with Gasteiger partial charge in [-0.1, -0.05) is 12.1 Å². The van der Waals surface area contributed by atoms with Crippen molar-refractivity contribution in [2.75, 3.05) is 19.8 Å². The van der Waals surface area contributed by atoms with Gasteiger partial charge < -0.3 is 14.8 Å². The van der Waals surface area contributed by atoms with Crippen LogP contribution in [0.2, 0.25) is 0 Å². The second-order valence-corrected chi connectivity index (χ2v) is 4.34. The van der Waals surface area contributed by atoms with Gasteiger partial charge in [0.05, 0.1) is 19.7 Å². The van der Waals surface area contributed by atoms with E-state index in [4.69, 9.17) is 9.47 Å². The smallest absolute Gasteiger partial charge is 0.407 e. The van der Waals surface area contributed by atoms with E-state index in [1.165, 1.54) is 0 Å². The van der Waals surface area contributed by atoms with Crippen molar-refractivity contribution in [3.05, 3.63) is 48.3 Å². The van der Waals surface area contributed by atoms with E-state index in [0.717, 1.165) is 17.9 Å². The Kier molecular flexibility index (Phi) is 5.63. The maximum atomic E-state index is 11.1. The SMILES string of the molecule is CCOC(=O)NCCOc1ccc(Cn2cccn2)cc1. The number of aromatic nitrogens is 2. The van der Waals surface area contributed by atoms with Crippen LogP contribution in [0.25, 0.3) is 0 Å². The van der Waals surface area contributed by atoms with Crippen molar-refractivity contribution >= 4 is 6.09 Å². The Morgan fingerprint density at radius 2 is 2.14 bits per heavy atom. The van der Waals surface area contributed by atoms with Crippen LogP contribution in [-0.2, 0) is 11.3 Å². The molecule has 2 aromatic rings. The fourth-order valence-corrected chi connectivity index (χ4v) is 1.78. The topological polar surface area (TPSA) is 65.4 Å². The largest absolute Gasteiger partial charge is 0.492 e. The summed E-state index contributed by atoms with van der Waals surface area (Å²) in [7, 11) is 0. The highest BCUT2D eigenvalue weighted by molar-refractivity contribution is 5.66. The Bertz CT molecular complexity index is 538. The third-order valence-electron chi connectivity index (χ3n) is 2.74. The van der Waals surface area contributed by atoms with Gasteiger partial charge in [0, 0.05) is 12.4 Å².